The van der Waals surface area contributed by atoms with Gasteiger partial charge in [-0.05, 0) is 48.1 Å². The SMILES string of the molecule is COc1cc2c(cc1CO)N=C(Nc1ccc(OC(F)(F)F)cc1)[N+]21CC12C[C@H](C)CC(C)(C)C2. The number of anilines is 1. The number of aliphatic imine (C=N–C) groups is 1. The highest BCUT2D eigenvalue weighted by atomic mass is 19.4. The highest BCUT2D eigenvalue weighted by Gasteiger charge is 2.78. The molecule has 188 valence electrons. The first-order chi connectivity index (χ1) is 16.4. The van der Waals surface area contributed by atoms with Crippen LogP contribution < -0.4 is 19.3 Å². The Kier molecular flexibility index (Phi) is 5.38. The Morgan fingerprint density at radius 1 is 1.17 bits per heavy atom. The van der Waals surface area contributed by atoms with Crippen LogP contribution in [0.1, 0.15) is 45.6 Å². The third-order valence-corrected chi connectivity index (χ3v) is 7.57. The molecule has 2 fully saturated rings. The lowest BCUT2D eigenvalue weighted by Crippen LogP contribution is -2.48. The number of alkyl halides is 3. The molecule has 3 atom stereocenters. The van der Waals surface area contributed by atoms with E-state index in [9.17, 15) is 18.3 Å². The van der Waals surface area contributed by atoms with E-state index in [1.807, 2.05) is 12.1 Å². The number of methoxy groups -OCH3 is 1. The maximum absolute atomic E-state index is 12.6. The van der Waals surface area contributed by atoms with Crippen molar-refractivity contribution in [1.29, 1.82) is 0 Å². The van der Waals surface area contributed by atoms with Gasteiger partial charge < -0.3 is 14.6 Å². The molecule has 2 N–H and O–H groups in total. The average molecular weight is 491 g/mol. The first-order valence-corrected chi connectivity index (χ1v) is 11.8. The van der Waals surface area contributed by atoms with E-state index < -0.39 is 6.36 Å². The Labute approximate surface area is 203 Å². The van der Waals surface area contributed by atoms with Crippen molar-refractivity contribution in [1.82, 2.24) is 4.48 Å². The summed E-state index contributed by atoms with van der Waals surface area (Å²) in [7, 11) is 1.59. The van der Waals surface area contributed by atoms with Crippen LogP contribution in [0.3, 0.4) is 0 Å². The molecule has 1 saturated carbocycles. The van der Waals surface area contributed by atoms with Gasteiger partial charge in [-0.25, -0.2) is 4.48 Å². The number of benzene rings is 2. The Morgan fingerprint density at radius 2 is 1.89 bits per heavy atom. The van der Waals surface area contributed by atoms with Crippen molar-refractivity contribution in [3.63, 3.8) is 0 Å². The molecule has 0 aromatic heterocycles. The lowest BCUT2D eigenvalue weighted by atomic mass is 9.67. The monoisotopic (exact) mass is 490 g/mol. The molecule has 9 heteroatoms. The summed E-state index contributed by atoms with van der Waals surface area (Å²) in [5, 5.41) is 13.2. The van der Waals surface area contributed by atoms with Gasteiger partial charge in [-0.1, -0.05) is 20.8 Å². The van der Waals surface area contributed by atoms with E-state index in [-0.39, 0.29) is 23.3 Å². The zero-order valence-electron chi connectivity index (χ0n) is 20.4. The third kappa shape index (κ3) is 4.04. The van der Waals surface area contributed by atoms with Crippen molar-refractivity contribution in [2.75, 3.05) is 19.0 Å². The van der Waals surface area contributed by atoms with Gasteiger partial charge in [0.2, 0.25) is 0 Å². The number of ether oxygens (including phenoxy) is 2. The van der Waals surface area contributed by atoms with Crippen molar-refractivity contribution in [2.45, 2.75) is 58.5 Å². The second kappa shape index (κ2) is 7.86. The number of nitrogens with one attached hydrogen (secondary N) is 1. The highest BCUT2D eigenvalue weighted by Crippen LogP contribution is 2.65. The minimum atomic E-state index is -4.73. The van der Waals surface area contributed by atoms with Crippen LogP contribution in [0.25, 0.3) is 0 Å². The number of aliphatic hydroxyl groups excluding tert-OH is 1. The molecule has 2 aromatic carbocycles. The normalized spacial score (nSPS) is 28.6. The summed E-state index contributed by atoms with van der Waals surface area (Å²) in [6, 6.07) is 9.56. The first kappa shape index (κ1) is 23.9. The zero-order valence-corrected chi connectivity index (χ0v) is 20.4. The summed E-state index contributed by atoms with van der Waals surface area (Å²) in [5.41, 5.74) is 3.26. The van der Waals surface area contributed by atoms with Gasteiger partial charge in [0.05, 0.1) is 13.7 Å². The van der Waals surface area contributed by atoms with Crippen molar-refractivity contribution in [3.05, 3.63) is 42.0 Å². The molecule has 5 rings (SSSR count). The van der Waals surface area contributed by atoms with Gasteiger partial charge >= 0.3 is 12.3 Å². The van der Waals surface area contributed by atoms with Gasteiger partial charge in [-0.15, -0.1) is 13.2 Å². The predicted molar refractivity (Wildman–Crippen MR) is 129 cm³/mol. The molecule has 2 aliphatic heterocycles. The molecule has 1 saturated heterocycles. The second-order valence-corrected chi connectivity index (χ2v) is 11.0. The molecule has 1 aliphatic carbocycles. The van der Waals surface area contributed by atoms with Gasteiger partial charge in [0.25, 0.3) is 0 Å². The summed E-state index contributed by atoms with van der Waals surface area (Å²) in [4.78, 5) is 4.95. The van der Waals surface area contributed by atoms with Crippen molar-refractivity contribution in [3.8, 4) is 11.5 Å². The van der Waals surface area contributed by atoms with Crippen LogP contribution in [-0.4, -0.2) is 36.6 Å². The van der Waals surface area contributed by atoms with Crippen LogP contribution >= 0.6 is 0 Å². The fourth-order valence-corrected chi connectivity index (χ4v) is 6.77. The largest absolute Gasteiger partial charge is 0.573 e. The average Bonchev–Trinajstić information content (AvgIpc) is 3.26. The van der Waals surface area contributed by atoms with Gasteiger partial charge in [0, 0.05) is 30.2 Å². The number of quaternary nitrogens is 1. The van der Waals surface area contributed by atoms with Crippen LogP contribution in [0.2, 0.25) is 0 Å². The molecule has 3 aliphatic rings. The number of fused-ring (bicyclic) bond motifs is 3. The minimum Gasteiger partial charge on any atom is -0.496 e. The van der Waals surface area contributed by atoms with Crippen molar-refractivity contribution < 1.29 is 27.8 Å². The molecular weight excluding hydrogens is 459 g/mol. The Balaban J connectivity index is 1.54. The number of nitrogens with zero attached hydrogens (tertiary/aromatic N) is 2. The van der Waals surface area contributed by atoms with Crippen molar-refractivity contribution in [2.24, 2.45) is 16.3 Å². The third-order valence-electron chi connectivity index (χ3n) is 7.57. The number of guanidine groups is 1. The second-order valence-electron chi connectivity index (χ2n) is 11.0. The topological polar surface area (TPSA) is 63.1 Å². The summed E-state index contributed by atoms with van der Waals surface area (Å²) >= 11 is 0. The Morgan fingerprint density at radius 3 is 2.49 bits per heavy atom. The quantitative estimate of drug-likeness (QED) is 0.401. The van der Waals surface area contributed by atoms with Crippen LogP contribution in [0.15, 0.2) is 41.4 Å². The number of hydrogen-bond acceptors (Lipinski definition) is 5. The van der Waals surface area contributed by atoms with Gasteiger partial charge in [-0.3, -0.25) is 5.32 Å². The van der Waals surface area contributed by atoms with Crippen LogP contribution in [0.5, 0.6) is 11.5 Å². The molecule has 2 heterocycles. The smallest absolute Gasteiger partial charge is 0.496 e. The van der Waals surface area contributed by atoms with Crippen molar-refractivity contribution >= 4 is 23.0 Å². The van der Waals surface area contributed by atoms with Crippen LogP contribution in [0, 0.1) is 11.3 Å². The first-order valence-electron chi connectivity index (χ1n) is 11.8. The minimum absolute atomic E-state index is 0.0245. The zero-order chi connectivity index (χ0) is 25.2. The molecule has 0 amide bonds. The lowest BCUT2D eigenvalue weighted by Gasteiger charge is -2.39. The van der Waals surface area contributed by atoms with Gasteiger partial charge in [-0.2, -0.15) is 4.99 Å². The number of rotatable bonds is 4. The van der Waals surface area contributed by atoms with E-state index >= 15 is 0 Å². The summed E-state index contributed by atoms with van der Waals surface area (Å²) in [6.07, 6.45) is -1.48. The standard InChI is InChI=1S/C26H31F3N3O3/c1-16-11-24(2,3)14-25(12-16)15-32(25)21-10-22(34-4)17(13-33)9-20(21)31-23(32)30-18-5-7-19(8-6-18)35-26(27,28)29/h5-10,16,33H,11-15H2,1-4H3,(H,30,31)/q+1/t16-,25?,32?/m1/s1. The molecule has 0 bridgehead atoms. The molecule has 2 aromatic rings. The van der Waals surface area contributed by atoms with Crippen LogP contribution in [0.4, 0.5) is 30.2 Å². The Bertz CT molecular complexity index is 1180. The Hall–Kier alpha value is -2.78. The summed E-state index contributed by atoms with van der Waals surface area (Å²) < 4.78 is 47.8. The lowest BCUT2D eigenvalue weighted by molar-refractivity contribution is -0.274. The summed E-state index contributed by atoms with van der Waals surface area (Å²) in [6.45, 7) is 7.65. The van der Waals surface area contributed by atoms with E-state index in [4.69, 9.17) is 9.73 Å². The molecule has 6 nitrogen and oxygen atoms in total. The maximum atomic E-state index is 12.6. The number of hydrogen-bond donors (Lipinski definition) is 2. The number of aliphatic hydroxyl groups is 1. The van der Waals surface area contributed by atoms with Crippen LogP contribution in [-0.2, 0) is 6.61 Å². The molecule has 35 heavy (non-hydrogen) atoms. The number of halogens is 3. The van der Waals surface area contributed by atoms with Gasteiger partial charge in [0.1, 0.15) is 23.7 Å². The predicted octanol–water partition coefficient (Wildman–Crippen LogP) is 6.11. The molecule has 0 radical (unpaired) electrons. The molecule has 2 unspecified atom stereocenters. The van der Waals surface area contributed by atoms with E-state index in [0.29, 0.717) is 27.4 Å². The highest BCUT2D eigenvalue weighted by molar-refractivity contribution is 6.12. The van der Waals surface area contributed by atoms with Gasteiger partial charge in [0.15, 0.2) is 11.2 Å². The summed E-state index contributed by atoms with van der Waals surface area (Å²) in [5.74, 6) is 1.65. The fourth-order valence-electron chi connectivity index (χ4n) is 6.77. The fraction of sp³-hybridized carbons (Fsp3) is 0.500. The molecular formula is C26H31F3N3O3+. The maximum Gasteiger partial charge on any atom is 0.573 e. The van der Waals surface area contributed by atoms with E-state index in [0.717, 1.165) is 43.1 Å². The van der Waals surface area contributed by atoms with E-state index in [1.165, 1.54) is 12.1 Å². The van der Waals surface area contributed by atoms with E-state index in [2.05, 4.69) is 30.8 Å². The van der Waals surface area contributed by atoms with E-state index in [1.54, 1.807) is 19.2 Å². The molecule has 2 spiro atoms.